The first-order valence-corrected chi connectivity index (χ1v) is 11.7. The van der Waals surface area contributed by atoms with E-state index in [1.54, 1.807) is 30.3 Å². The van der Waals surface area contributed by atoms with Gasteiger partial charge in [0.1, 0.15) is 18.4 Å². The zero-order valence-electron chi connectivity index (χ0n) is 17.7. The molecule has 0 fully saturated rings. The zero-order valence-corrected chi connectivity index (χ0v) is 19.4. The molecule has 0 saturated carbocycles. The predicted octanol–water partition coefficient (Wildman–Crippen LogP) is 6.32. The summed E-state index contributed by atoms with van der Waals surface area (Å²) in [5.74, 6) is -14.9. The second kappa shape index (κ2) is 11.1. The van der Waals surface area contributed by atoms with E-state index in [0.717, 1.165) is 6.92 Å². The quantitative estimate of drug-likeness (QED) is 0.114. The van der Waals surface area contributed by atoms with Gasteiger partial charge in [0.15, 0.2) is 0 Å². The Morgan fingerprint density at radius 2 is 1.43 bits per heavy atom. The molecule has 3 aromatic rings. The van der Waals surface area contributed by atoms with Crippen molar-refractivity contribution in [2.45, 2.75) is 19.6 Å². The van der Waals surface area contributed by atoms with E-state index < -0.39 is 54.6 Å². The number of benzene rings is 3. The summed E-state index contributed by atoms with van der Waals surface area (Å²) in [6.07, 6.45) is 0. The first-order valence-electron chi connectivity index (χ1n) is 9.75. The standard InChI is InChI=1S/C22H16ClF5NO5P/c1-12(22(30)32-11-13-5-3-2-4-6-13)29-35(31,33-15-9-7-14(23)8-10-15)34-21-19(27)17(25)16(24)18(26)20(21)28/h2-10,12H,11H2,1H3,(H,29,31)/t12-,35?/m0/s1. The first-order chi connectivity index (χ1) is 16.5. The number of rotatable bonds is 9. The molecule has 1 unspecified atom stereocenters. The zero-order chi connectivity index (χ0) is 25.8. The Hall–Kier alpha value is -3.14. The number of hydrogen-bond donors (Lipinski definition) is 1. The molecule has 0 aliphatic heterocycles. The lowest BCUT2D eigenvalue weighted by atomic mass is 10.2. The Balaban J connectivity index is 1.88. The molecule has 2 atom stereocenters. The van der Waals surface area contributed by atoms with Gasteiger partial charge in [-0.05, 0) is 36.8 Å². The largest absolute Gasteiger partial charge is 0.513 e. The van der Waals surface area contributed by atoms with Crippen LogP contribution >= 0.6 is 19.3 Å². The Kier molecular flexibility index (Phi) is 8.37. The summed E-state index contributed by atoms with van der Waals surface area (Å²) in [7, 11) is -5.02. The number of carbonyl (C=O) groups is 1. The third-order valence-corrected chi connectivity index (χ3v) is 6.18. The molecule has 0 aliphatic rings. The summed E-state index contributed by atoms with van der Waals surface area (Å²) in [5, 5.41) is 2.33. The molecule has 1 N–H and O–H groups in total. The number of esters is 1. The van der Waals surface area contributed by atoms with E-state index in [1.165, 1.54) is 24.3 Å². The molecule has 3 aromatic carbocycles. The van der Waals surface area contributed by atoms with Crippen LogP contribution in [-0.2, 0) is 20.7 Å². The van der Waals surface area contributed by atoms with Crippen LogP contribution in [0.4, 0.5) is 22.0 Å². The minimum atomic E-state index is -5.02. The molecule has 13 heteroatoms. The van der Waals surface area contributed by atoms with Crippen LogP contribution in [0, 0.1) is 29.1 Å². The molecule has 186 valence electrons. The van der Waals surface area contributed by atoms with E-state index in [4.69, 9.17) is 20.9 Å². The van der Waals surface area contributed by atoms with Crippen molar-refractivity contribution in [3.8, 4) is 11.5 Å². The lowest BCUT2D eigenvalue weighted by Crippen LogP contribution is -2.36. The Bertz CT molecular complexity index is 1230. The highest BCUT2D eigenvalue weighted by atomic mass is 35.5. The van der Waals surface area contributed by atoms with Gasteiger partial charge in [-0.15, -0.1) is 0 Å². The third kappa shape index (κ3) is 6.50. The maximum Gasteiger partial charge on any atom is 0.513 e. The average molecular weight is 536 g/mol. The SMILES string of the molecule is C[C@H](NP(=O)(Oc1ccc(Cl)cc1)Oc1c(F)c(F)c(F)c(F)c1F)C(=O)OCc1ccccc1. The highest BCUT2D eigenvalue weighted by molar-refractivity contribution is 7.52. The second-order valence-corrected chi connectivity index (χ2v) is 9.03. The maximum absolute atomic E-state index is 14.2. The van der Waals surface area contributed by atoms with Gasteiger partial charge in [-0.2, -0.15) is 13.9 Å². The third-order valence-electron chi connectivity index (χ3n) is 4.35. The van der Waals surface area contributed by atoms with Crippen LogP contribution in [0.25, 0.3) is 0 Å². The molecular weight excluding hydrogens is 520 g/mol. The lowest BCUT2D eigenvalue weighted by Gasteiger charge is -2.23. The van der Waals surface area contributed by atoms with Crippen LogP contribution in [0.5, 0.6) is 11.5 Å². The topological polar surface area (TPSA) is 73.9 Å². The van der Waals surface area contributed by atoms with Crippen molar-refractivity contribution < 1.29 is 45.1 Å². The van der Waals surface area contributed by atoms with E-state index >= 15 is 0 Å². The Labute approximate surface area is 201 Å². The fraction of sp³-hybridized carbons (Fsp3) is 0.136. The molecule has 35 heavy (non-hydrogen) atoms. The second-order valence-electron chi connectivity index (χ2n) is 6.98. The number of hydrogen-bond acceptors (Lipinski definition) is 5. The lowest BCUT2D eigenvalue weighted by molar-refractivity contribution is -0.146. The summed E-state index contributed by atoms with van der Waals surface area (Å²) in [6.45, 7) is 1.000. The molecule has 0 saturated heterocycles. The van der Waals surface area contributed by atoms with Crippen LogP contribution in [0.3, 0.4) is 0 Å². The van der Waals surface area contributed by atoms with Crippen LogP contribution < -0.4 is 14.1 Å². The van der Waals surface area contributed by atoms with Gasteiger partial charge in [0, 0.05) is 5.02 Å². The van der Waals surface area contributed by atoms with E-state index in [1.807, 2.05) is 0 Å². The van der Waals surface area contributed by atoms with Crippen LogP contribution in [0.1, 0.15) is 12.5 Å². The molecule has 0 radical (unpaired) electrons. The van der Waals surface area contributed by atoms with Crippen molar-refractivity contribution in [1.82, 2.24) is 5.09 Å². The number of nitrogens with one attached hydrogen (secondary N) is 1. The Morgan fingerprint density at radius 1 is 0.886 bits per heavy atom. The maximum atomic E-state index is 14.2. The summed E-state index contributed by atoms with van der Waals surface area (Å²) in [6, 6.07) is 12.0. The van der Waals surface area contributed by atoms with Crippen molar-refractivity contribution in [3.63, 3.8) is 0 Å². The van der Waals surface area contributed by atoms with Gasteiger partial charge in [-0.25, -0.2) is 17.7 Å². The van der Waals surface area contributed by atoms with E-state index in [2.05, 4.69) is 9.61 Å². The van der Waals surface area contributed by atoms with Crippen LogP contribution in [-0.4, -0.2) is 12.0 Å². The van der Waals surface area contributed by atoms with Gasteiger partial charge < -0.3 is 13.8 Å². The normalized spacial score (nSPS) is 13.6. The molecular formula is C22H16ClF5NO5P. The van der Waals surface area contributed by atoms with Crippen molar-refractivity contribution in [2.75, 3.05) is 0 Å². The van der Waals surface area contributed by atoms with Gasteiger partial charge >= 0.3 is 13.7 Å². The summed E-state index contributed by atoms with van der Waals surface area (Å²) >= 11 is 5.76. The average Bonchev–Trinajstić information content (AvgIpc) is 2.84. The van der Waals surface area contributed by atoms with E-state index in [9.17, 15) is 31.3 Å². The fourth-order valence-corrected chi connectivity index (χ4v) is 4.28. The van der Waals surface area contributed by atoms with Crippen molar-refractivity contribution in [2.24, 2.45) is 0 Å². The molecule has 0 aromatic heterocycles. The summed E-state index contributed by atoms with van der Waals surface area (Å²) < 4.78 is 97.2. The van der Waals surface area contributed by atoms with Gasteiger partial charge in [-0.1, -0.05) is 41.9 Å². The number of halogens is 6. The van der Waals surface area contributed by atoms with Crippen LogP contribution in [0.15, 0.2) is 54.6 Å². The molecule has 0 spiro atoms. The Morgan fingerprint density at radius 3 is 2.00 bits per heavy atom. The summed E-state index contributed by atoms with van der Waals surface area (Å²) in [4.78, 5) is 12.4. The molecule has 6 nitrogen and oxygen atoms in total. The van der Waals surface area contributed by atoms with Gasteiger partial charge in [-0.3, -0.25) is 4.79 Å². The molecule has 0 amide bonds. The van der Waals surface area contributed by atoms with E-state index in [0.29, 0.717) is 5.56 Å². The smallest absolute Gasteiger partial charge is 0.460 e. The minimum Gasteiger partial charge on any atom is -0.460 e. The number of carbonyl (C=O) groups excluding carboxylic acids is 1. The summed E-state index contributed by atoms with van der Waals surface area (Å²) in [5.41, 5.74) is 0.631. The van der Waals surface area contributed by atoms with Crippen molar-refractivity contribution in [3.05, 3.63) is 94.3 Å². The first kappa shape index (κ1) is 26.5. The minimum absolute atomic E-state index is 0.160. The van der Waals surface area contributed by atoms with Gasteiger partial charge in [0.2, 0.25) is 34.8 Å². The van der Waals surface area contributed by atoms with Gasteiger partial charge in [0.25, 0.3) is 0 Å². The predicted molar refractivity (Wildman–Crippen MR) is 115 cm³/mol. The molecule has 0 bridgehead atoms. The monoisotopic (exact) mass is 535 g/mol. The van der Waals surface area contributed by atoms with Crippen LogP contribution in [0.2, 0.25) is 5.02 Å². The van der Waals surface area contributed by atoms with Crippen molar-refractivity contribution >= 4 is 25.3 Å². The van der Waals surface area contributed by atoms with Gasteiger partial charge in [0.05, 0.1) is 0 Å². The van der Waals surface area contributed by atoms with E-state index in [-0.39, 0.29) is 17.4 Å². The number of ether oxygens (including phenoxy) is 1. The molecule has 0 heterocycles. The molecule has 0 aliphatic carbocycles. The van der Waals surface area contributed by atoms with Crippen molar-refractivity contribution in [1.29, 1.82) is 0 Å². The fourth-order valence-electron chi connectivity index (χ4n) is 2.63. The highest BCUT2D eigenvalue weighted by Crippen LogP contribution is 2.47. The molecule has 3 rings (SSSR count). The highest BCUT2D eigenvalue weighted by Gasteiger charge is 2.38.